The molecule has 0 fully saturated rings. The molecule has 3 atom stereocenters. The standard InChI is InChI=1S/C13H22N4O3/c1-4-8(2)11(14)12(18)17-10(13(19)20-3)5-9-6-15-7-16-9/h6-8,10-11H,4-5,14H2,1-3H3,(H,15,16)(H,17,18)/t8-,10-,11-/m0/s1. The summed E-state index contributed by atoms with van der Waals surface area (Å²) in [6.07, 6.45) is 4.18. The van der Waals surface area contributed by atoms with Gasteiger partial charge in [-0.1, -0.05) is 20.3 Å². The molecule has 0 saturated heterocycles. The van der Waals surface area contributed by atoms with Crippen molar-refractivity contribution in [3.63, 3.8) is 0 Å². The molecule has 1 rings (SSSR count). The number of carbonyl (C=O) groups excluding carboxylic acids is 2. The fourth-order valence-corrected chi connectivity index (χ4v) is 1.73. The quantitative estimate of drug-likeness (QED) is 0.609. The van der Waals surface area contributed by atoms with Crippen molar-refractivity contribution in [1.82, 2.24) is 15.3 Å². The smallest absolute Gasteiger partial charge is 0.328 e. The van der Waals surface area contributed by atoms with Crippen LogP contribution in [0.4, 0.5) is 0 Å². The molecule has 0 bridgehead atoms. The van der Waals surface area contributed by atoms with Gasteiger partial charge in [-0.15, -0.1) is 0 Å². The Balaban J connectivity index is 2.69. The maximum absolute atomic E-state index is 12.0. The summed E-state index contributed by atoms with van der Waals surface area (Å²) in [5.41, 5.74) is 6.58. The minimum absolute atomic E-state index is 0.0421. The lowest BCUT2D eigenvalue weighted by Gasteiger charge is -2.21. The molecule has 112 valence electrons. The first-order valence-corrected chi connectivity index (χ1v) is 6.60. The van der Waals surface area contributed by atoms with E-state index in [4.69, 9.17) is 10.5 Å². The van der Waals surface area contributed by atoms with Gasteiger partial charge in [0.25, 0.3) is 0 Å². The number of aromatic nitrogens is 2. The normalized spacial score (nSPS) is 15.2. The van der Waals surface area contributed by atoms with Crippen molar-refractivity contribution in [2.45, 2.75) is 38.8 Å². The van der Waals surface area contributed by atoms with Crippen molar-refractivity contribution in [2.24, 2.45) is 11.7 Å². The lowest BCUT2D eigenvalue weighted by atomic mass is 9.99. The number of ether oxygens (including phenoxy) is 1. The van der Waals surface area contributed by atoms with Crippen LogP contribution in [-0.4, -0.2) is 41.0 Å². The van der Waals surface area contributed by atoms with Crippen molar-refractivity contribution >= 4 is 11.9 Å². The lowest BCUT2D eigenvalue weighted by Crippen LogP contribution is -2.51. The number of aromatic amines is 1. The van der Waals surface area contributed by atoms with Crippen LogP contribution in [0.3, 0.4) is 0 Å². The first-order valence-electron chi connectivity index (χ1n) is 6.60. The Morgan fingerprint density at radius 3 is 2.75 bits per heavy atom. The fraction of sp³-hybridized carbons (Fsp3) is 0.615. The molecule has 0 radical (unpaired) electrons. The van der Waals surface area contributed by atoms with Crippen LogP contribution in [0.1, 0.15) is 26.0 Å². The molecule has 0 aliphatic carbocycles. The first-order chi connectivity index (χ1) is 9.49. The van der Waals surface area contributed by atoms with Crippen LogP contribution >= 0.6 is 0 Å². The Morgan fingerprint density at radius 2 is 2.25 bits per heavy atom. The summed E-state index contributed by atoms with van der Waals surface area (Å²) in [6, 6.07) is -1.42. The van der Waals surface area contributed by atoms with Crippen LogP contribution in [0.5, 0.6) is 0 Å². The van der Waals surface area contributed by atoms with E-state index < -0.39 is 18.1 Å². The van der Waals surface area contributed by atoms with Gasteiger partial charge in [0.1, 0.15) is 6.04 Å². The highest BCUT2D eigenvalue weighted by Gasteiger charge is 2.27. The average molecular weight is 282 g/mol. The molecule has 4 N–H and O–H groups in total. The molecular weight excluding hydrogens is 260 g/mol. The van der Waals surface area contributed by atoms with Gasteiger partial charge in [0.2, 0.25) is 5.91 Å². The highest BCUT2D eigenvalue weighted by molar-refractivity contribution is 5.87. The van der Waals surface area contributed by atoms with Crippen molar-refractivity contribution in [3.8, 4) is 0 Å². The second-order valence-electron chi connectivity index (χ2n) is 4.78. The second kappa shape index (κ2) is 7.64. The van der Waals surface area contributed by atoms with E-state index in [2.05, 4.69) is 15.3 Å². The van der Waals surface area contributed by atoms with Gasteiger partial charge in [0.05, 0.1) is 19.5 Å². The van der Waals surface area contributed by atoms with Crippen molar-refractivity contribution in [3.05, 3.63) is 18.2 Å². The number of H-pyrrole nitrogens is 1. The summed E-state index contributed by atoms with van der Waals surface area (Å²) in [4.78, 5) is 30.5. The predicted octanol–water partition coefficient (Wildman–Crippen LogP) is -0.0166. The molecular formula is C13H22N4O3. The Kier molecular flexibility index (Phi) is 6.17. The highest BCUT2D eigenvalue weighted by Crippen LogP contribution is 2.07. The summed E-state index contributed by atoms with van der Waals surface area (Å²) in [6.45, 7) is 3.85. The van der Waals surface area contributed by atoms with E-state index in [0.29, 0.717) is 0 Å². The van der Waals surface area contributed by atoms with Crippen LogP contribution < -0.4 is 11.1 Å². The average Bonchev–Trinajstić information content (AvgIpc) is 2.96. The summed E-state index contributed by atoms with van der Waals surface area (Å²) < 4.78 is 4.70. The molecule has 20 heavy (non-hydrogen) atoms. The largest absolute Gasteiger partial charge is 0.467 e. The van der Waals surface area contributed by atoms with Gasteiger partial charge in [0.15, 0.2) is 0 Å². The molecule has 0 aliphatic rings. The van der Waals surface area contributed by atoms with Gasteiger partial charge in [-0.05, 0) is 5.92 Å². The number of nitrogens with two attached hydrogens (primary N) is 1. The van der Waals surface area contributed by atoms with Gasteiger partial charge < -0.3 is 20.8 Å². The maximum atomic E-state index is 12.0. The van der Waals surface area contributed by atoms with Crippen LogP contribution in [-0.2, 0) is 20.7 Å². The number of hydrogen-bond donors (Lipinski definition) is 3. The van der Waals surface area contributed by atoms with E-state index in [1.54, 1.807) is 6.20 Å². The van der Waals surface area contributed by atoms with Crippen molar-refractivity contribution < 1.29 is 14.3 Å². The molecule has 0 aromatic carbocycles. The first kappa shape index (κ1) is 16.2. The molecule has 0 saturated carbocycles. The predicted molar refractivity (Wildman–Crippen MR) is 73.7 cm³/mol. The molecule has 1 aromatic heterocycles. The molecule has 1 heterocycles. The molecule has 1 amide bonds. The zero-order chi connectivity index (χ0) is 15.1. The van der Waals surface area contributed by atoms with E-state index in [0.717, 1.165) is 12.1 Å². The second-order valence-corrected chi connectivity index (χ2v) is 4.78. The van der Waals surface area contributed by atoms with Gasteiger partial charge in [-0.3, -0.25) is 4.79 Å². The molecule has 0 spiro atoms. The Bertz CT molecular complexity index is 433. The molecule has 1 aromatic rings. The van der Waals surface area contributed by atoms with Crippen LogP contribution in [0.15, 0.2) is 12.5 Å². The van der Waals surface area contributed by atoms with Crippen LogP contribution in [0, 0.1) is 5.92 Å². The number of hydrogen-bond acceptors (Lipinski definition) is 5. The maximum Gasteiger partial charge on any atom is 0.328 e. The van der Waals surface area contributed by atoms with Crippen molar-refractivity contribution in [2.75, 3.05) is 7.11 Å². The minimum atomic E-state index is -0.775. The number of esters is 1. The molecule has 7 nitrogen and oxygen atoms in total. The van der Waals surface area contributed by atoms with E-state index in [1.165, 1.54) is 13.4 Å². The topological polar surface area (TPSA) is 110 Å². The zero-order valence-corrected chi connectivity index (χ0v) is 12.1. The van der Waals surface area contributed by atoms with E-state index >= 15 is 0 Å². The van der Waals surface area contributed by atoms with Crippen LogP contribution in [0.2, 0.25) is 0 Å². The number of carbonyl (C=O) groups is 2. The lowest BCUT2D eigenvalue weighted by molar-refractivity contribution is -0.145. The number of rotatable bonds is 7. The summed E-state index contributed by atoms with van der Waals surface area (Å²) in [5.74, 6) is -0.820. The fourth-order valence-electron chi connectivity index (χ4n) is 1.73. The Labute approximate surface area is 118 Å². The number of amides is 1. The third kappa shape index (κ3) is 4.34. The third-order valence-corrected chi connectivity index (χ3v) is 3.34. The molecule has 0 aliphatic heterocycles. The van der Waals surface area contributed by atoms with Gasteiger partial charge in [-0.2, -0.15) is 0 Å². The van der Waals surface area contributed by atoms with E-state index in [-0.39, 0.29) is 18.2 Å². The number of nitrogens with one attached hydrogen (secondary N) is 2. The summed E-state index contributed by atoms with van der Waals surface area (Å²) in [7, 11) is 1.28. The van der Waals surface area contributed by atoms with Crippen LogP contribution in [0.25, 0.3) is 0 Å². The third-order valence-electron chi connectivity index (χ3n) is 3.34. The van der Waals surface area contributed by atoms with E-state index in [1.807, 2.05) is 13.8 Å². The number of nitrogens with zero attached hydrogens (tertiary/aromatic N) is 1. The van der Waals surface area contributed by atoms with Crippen molar-refractivity contribution in [1.29, 1.82) is 0 Å². The Morgan fingerprint density at radius 1 is 1.55 bits per heavy atom. The SMILES string of the molecule is CC[C@H](C)[C@H](N)C(=O)N[C@@H](Cc1cnc[nH]1)C(=O)OC. The monoisotopic (exact) mass is 282 g/mol. The number of methoxy groups -OCH3 is 1. The number of imidazole rings is 1. The zero-order valence-electron chi connectivity index (χ0n) is 12.1. The summed E-state index contributed by atoms with van der Waals surface area (Å²) in [5, 5.41) is 2.63. The summed E-state index contributed by atoms with van der Waals surface area (Å²) >= 11 is 0. The Hall–Kier alpha value is -1.89. The minimum Gasteiger partial charge on any atom is -0.467 e. The highest BCUT2D eigenvalue weighted by atomic mass is 16.5. The van der Waals surface area contributed by atoms with Gasteiger partial charge >= 0.3 is 5.97 Å². The van der Waals surface area contributed by atoms with E-state index in [9.17, 15) is 9.59 Å². The van der Waals surface area contributed by atoms with Gasteiger partial charge in [0, 0.05) is 18.3 Å². The van der Waals surface area contributed by atoms with Gasteiger partial charge in [-0.25, -0.2) is 9.78 Å². The molecule has 7 heteroatoms. The molecule has 0 unspecified atom stereocenters.